The van der Waals surface area contributed by atoms with Crippen LogP contribution in [0.15, 0.2) is 106 Å². The maximum absolute atomic E-state index is 14.9. The van der Waals surface area contributed by atoms with Crippen LogP contribution in [0.5, 0.6) is 0 Å². The number of hydrogen-bond acceptors (Lipinski definition) is 10. The molecule has 0 radical (unpaired) electrons. The Bertz CT molecular complexity index is 2740. The van der Waals surface area contributed by atoms with Crippen molar-refractivity contribution in [1.29, 1.82) is 0 Å². The molecular weight excluding hydrogens is 939 g/mol. The SMILES string of the molecule is NC(N)=NCCC[C@H](NC(=O)[C@H](Cc1c[nH]c2ccccc12)NC(=O)[C@H](Cc1c[nH]c2ccccc12)NC(=O)[C@H](CCCN=C(N)N)NC(=O)[C@@H](N)CCCN=C(N)N)C(=O)N[C@@H](Cc1ccccc1)C(=O)O. The number of hydrogen-bond donors (Lipinski definition) is 15. The summed E-state index contributed by atoms with van der Waals surface area (Å²) in [6, 6.07) is 15.7. The molecule has 5 aromatic rings. The molecule has 5 rings (SSSR count). The van der Waals surface area contributed by atoms with E-state index >= 15 is 0 Å². The molecule has 0 fully saturated rings. The number of nitrogens with one attached hydrogen (secondary N) is 7. The van der Waals surface area contributed by atoms with E-state index in [1.807, 2.05) is 48.5 Å². The molecule has 3 aromatic carbocycles. The highest BCUT2D eigenvalue weighted by molar-refractivity contribution is 5.97. The number of rotatable bonds is 29. The second-order valence-electron chi connectivity index (χ2n) is 17.4. The number of carbonyl (C=O) groups is 6. The van der Waals surface area contributed by atoms with Crippen LogP contribution in [0.25, 0.3) is 21.8 Å². The largest absolute Gasteiger partial charge is 0.480 e. The molecule has 2 heterocycles. The summed E-state index contributed by atoms with van der Waals surface area (Å²) in [5.41, 5.74) is 42.7. The average molecular weight is 1010 g/mol. The van der Waals surface area contributed by atoms with Gasteiger partial charge in [-0.2, -0.15) is 0 Å². The van der Waals surface area contributed by atoms with Gasteiger partial charge in [-0.05, 0) is 67.3 Å². The van der Waals surface area contributed by atoms with Crippen molar-refractivity contribution < 1.29 is 33.9 Å². The second kappa shape index (κ2) is 27.7. The van der Waals surface area contributed by atoms with Crippen molar-refractivity contribution in [3.63, 3.8) is 0 Å². The van der Waals surface area contributed by atoms with Crippen molar-refractivity contribution in [2.24, 2.45) is 55.1 Å². The molecule has 0 aliphatic carbocycles. The first kappa shape index (κ1) is 55.3. The van der Waals surface area contributed by atoms with Crippen LogP contribution in [-0.2, 0) is 48.0 Å². The minimum atomic E-state index is -1.39. The Morgan fingerprint density at radius 3 is 1.27 bits per heavy atom. The van der Waals surface area contributed by atoms with Gasteiger partial charge in [0.2, 0.25) is 29.5 Å². The number of aliphatic imine (C=N–C) groups is 3. The fraction of sp³-hybridized carbons (Fsp3) is 0.367. The van der Waals surface area contributed by atoms with Crippen LogP contribution in [0, 0.1) is 0 Å². The number of aromatic amines is 2. The Hall–Kier alpha value is -8.67. The zero-order valence-corrected chi connectivity index (χ0v) is 40.4. The molecule has 5 amide bonds. The number of carboxylic acid groups (broad SMARTS) is 1. The first-order valence-electron chi connectivity index (χ1n) is 23.8. The van der Waals surface area contributed by atoms with E-state index in [0.717, 1.165) is 21.8 Å². The summed E-state index contributed by atoms with van der Waals surface area (Å²) in [5, 5.41) is 25.4. The molecule has 0 saturated carbocycles. The number of para-hydroxylation sites is 2. The fourth-order valence-corrected chi connectivity index (χ4v) is 8.07. The van der Waals surface area contributed by atoms with Gasteiger partial charge in [-0.3, -0.25) is 38.9 Å². The van der Waals surface area contributed by atoms with Crippen molar-refractivity contribution in [2.75, 3.05) is 19.6 Å². The monoisotopic (exact) mass is 1010 g/mol. The highest BCUT2D eigenvalue weighted by atomic mass is 16.4. The predicted molar refractivity (Wildman–Crippen MR) is 279 cm³/mol. The van der Waals surface area contributed by atoms with Crippen molar-refractivity contribution in [3.05, 3.63) is 108 Å². The predicted octanol–water partition coefficient (Wildman–Crippen LogP) is -1.33. The van der Waals surface area contributed by atoms with Gasteiger partial charge in [-0.15, -0.1) is 0 Å². The zero-order valence-electron chi connectivity index (χ0n) is 40.4. The van der Waals surface area contributed by atoms with Crippen molar-refractivity contribution in [3.8, 4) is 0 Å². The van der Waals surface area contributed by atoms with Gasteiger partial charge in [-0.1, -0.05) is 66.7 Å². The molecule has 2 aromatic heterocycles. The van der Waals surface area contributed by atoms with Crippen molar-refractivity contribution in [2.45, 2.75) is 94.0 Å². The topological polar surface area (TPSA) is 434 Å². The van der Waals surface area contributed by atoms with Crippen LogP contribution in [0.1, 0.15) is 55.2 Å². The van der Waals surface area contributed by atoms with Gasteiger partial charge < -0.3 is 81.8 Å². The summed E-state index contributed by atoms with van der Waals surface area (Å²) in [5.74, 6) is -5.54. The van der Waals surface area contributed by atoms with E-state index in [1.165, 1.54) is 0 Å². The van der Waals surface area contributed by atoms with Gasteiger partial charge in [0.15, 0.2) is 17.9 Å². The third-order valence-corrected chi connectivity index (χ3v) is 11.8. The first-order chi connectivity index (χ1) is 35.0. The number of amides is 5. The number of fused-ring (bicyclic) bond motifs is 2. The molecular formula is C49H67N17O7. The molecule has 24 nitrogen and oxygen atoms in total. The van der Waals surface area contributed by atoms with Gasteiger partial charge in [0, 0.05) is 73.1 Å². The third-order valence-electron chi connectivity index (χ3n) is 11.8. The lowest BCUT2D eigenvalue weighted by Gasteiger charge is -2.27. The number of nitrogens with two attached hydrogens (primary N) is 7. The Kier molecular flexibility index (Phi) is 20.9. The normalized spacial score (nSPS) is 13.5. The molecule has 390 valence electrons. The summed E-state index contributed by atoms with van der Waals surface area (Å²) in [6.45, 7) is 0.427. The van der Waals surface area contributed by atoms with Crippen LogP contribution in [0.4, 0.5) is 0 Å². The van der Waals surface area contributed by atoms with E-state index in [2.05, 4.69) is 51.5 Å². The molecule has 24 heteroatoms. The van der Waals surface area contributed by atoms with Gasteiger partial charge in [0.1, 0.15) is 30.2 Å². The number of carbonyl (C=O) groups excluding carboxylic acids is 5. The number of carboxylic acids is 1. The van der Waals surface area contributed by atoms with Crippen LogP contribution in [-0.4, -0.2) is 124 Å². The third kappa shape index (κ3) is 17.6. The summed E-state index contributed by atoms with van der Waals surface area (Å²) >= 11 is 0. The smallest absolute Gasteiger partial charge is 0.326 e. The minimum absolute atomic E-state index is 0.0306. The average Bonchev–Trinajstić information content (AvgIpc) is 3.97. The number of aromatic nitrogens is 2. The zero-order chi connectivity index (χ0) is 52.9. The number of benzene rings is 3. The van der Waals surface area contributed by atoms with Crippen LogP contribution in [0.2, 0.25) is 0 Å². The first-order valence-corrected chi connectivity index (χ1v) is 23.8. The van der Waals surface area contributed by atoms with E-state index in [4.69, 9.17) is 40.1 Å². The van der Waals surface area contributed by atoms with Crippen LogP contribution < -0.4 is 66.7 Å². The summed E-state index contributed by atoms with van der Waals surface area (Å²) in [7, 11) is 0. The number of H-pyrrole nitrogens is 2. The fourth-order valence-electron chi connectivity index (χ4n) is 8.07. The Balaban J connectivity index is 1.47. The molecule has 0 saturated heterocycles. The van der Waals surface area contributed by atoms with Gasteiger partial charge in [0.05, 0.1) is 6.04 Å². The molecule has 0 bridgehead atoms. The molecule has 0 unspecified atom stereocenters. The lowest BCUT2D eigenvalue weighted by Crippen LogP contribution is -2.60. The molecule has 0 aliphatic heterocycles. The Labute approximate surface area is 421 Å². The van der Waals surface area contributed by atoms with Crippen LogP contribution in [0.3, 0.4) is 0 Å². The van der Waals surface area contributed by atoms with Gasteiger partial charge in [0.25, 0.3) is 0 Å². The van der Waals surface area contributed by atoms with E-state index in [0.29, 0.717) is 23.1 Å². The molecule has 6 atom stereocenters. The minimum Gasteiger partial charge on any atom is -0.480 e. The summed E-state index contributed by atoms with van der Waals surface area (Å²) in [6.07, 6.45) is 4.15. The second-order valence-corrected chi connectivity index (χ2v) is 17.4. The molecule has 73 heavy (non-hydrogen) atoms. The number of aliphatic carboxylic acids is 1. The van der Waals surface area contributed by atoms with E-state index < -0.39 is 71.8 Å². The maximum Gasteiger partial charge on any atom is 0.326 e. The lowest BCUT2D eigenvalue weighted by molar-refractivity contribution is -0.142. The van der Waals surface area contributed by atoms with Gasteiger partial charge in [-0.25, -0.2) is 4.79 Å². The highest BCUT2D eigenvalue weighted by Crippen LogP contribution is 2.22. The van der Waals surface area contributed by atoms with E-state index in [1.54, 1.807) is 42.7 Å². The number of guanidine groups is 3. The summed E-state index contributed by atoms with van der Waals surface area (Å²) in [4.78, 5) is 102. The molecule has 0 aliphatic rings. The van der Waals surface area contributed by atoms with Crippen molar-refractivity contribution in [1.82, 2.24) is 36.6 Å². The quantitative estimate of drug-likeness (QED) is 0.0150. The Morgan fingerprint density at radius 1 is 0.466 bits per heavy atom. The highest BCUT2D eigenvalue weighted by Gasteiger charge is 2.34. The maximum atomic E-state index is 14.9. The van der Waals surface area contributed by atoms with Gasteiger partial charge >= 0.3 is 5.97 Å². The summed E-state index contributed by atoms with van der Waals surface area (Å²) < 4.78 is 0. The molecule has 0 spiro atoms. The van der Waals surface area contributed by atoms with E-state index in [9.17, 15) is 33.9 Å². The Morgan fingerprint density at radius 2 is 0.836 bits per heavy atom. The number of nitrogens with zero attached hydrogens (tertiary/aromatic N) is 3. The van der Waals surface area contributed by atoms with Crippen LogP contribution >= 0.6 is 0 Å². The van der Waals surface area contributed by atoms with Crippen molar-refractivity contribution >= 4 is 75.2 Å². The lowest BCUT2D eigenvalue weighted by atomic mass is 10.00. The van der Waals surface area contributed by atoms with E-state index in [-0.39, 0.29) is 88.9 Å². The molecule has 22 N–H and O–H groups in total. The standard InChI is InChI=1S/C49H67N17O7/c50-33(15-8-20-57-47(51)52)41(67)62-36(18-9-21-58-48(53)54)42(68)64-39(25-30-27-61-35-17-7-5-14-32(30)35)45(71)65-38(24-29-26-60-34-16-6-4-13-31(29)34)44(70)63-37(19-10-22-59-49(55)56)43(69)66-40(46(72)73)23-28-11-2-1-3-12-28/h1-7,11-14,16-17,26-27,33,36-40,60-61H,8-10,15,18-25,50H2,(H,62,67)(H,63,70)(H,64,68)(H,65,71)(H,66,69)(H,72,73)(H4,51,52,57)(H4,53,54,58)(H4,55,56,59)/t33-,36-,37-,38-,39-,40-/m0/s1.